The van der Waals surface area contributed by atoms with Gasteiger partial charge >= 0.3 is 0 Å². The fourth-order valence-corrected chi connectivity index (χ4v) is 3.86. The summed E-state index contributed by atoms with van der Waals surface area (Å²) in [5.41, 5.74) is 1.98. The van der Waals surface area contributed by atoms with Gasteiger partial charge in [0, 0.05) is 18.8 Å². The van der Waals surface area contributed by atoms with Crippen LogP contribution in [0.25, 0.3) is 11.0 Å². The summed E-state index contributed by atoms with van der Waals surface area (Å²) in [5, 5.41) is 0. The second-order valence-corrected chi connectivity index (χ2v) is 6.93. The van der Waals surface area contributed by atoms with Crippen LogP contribution in [0.15, 0.2) is 58.4 Å². The topological polar surface area (TPSA) is 61.1 Å². The van der Waals surface area contributed by atoms with E-state index >= 15 is 0 Å². The zero-order chi connectivity index (χ0) is 15.9. The highest BCUT2D eigenvalue weighted by molar-refractivity contribution is 7.90. The fourth-order valence-electron chi connectivity index (χ4n) is 2.52. The van der Waals surface area contributed by atoms with Crippen molar-refractivity contribution in [3.63, 3.8) is 0 Å². The van der Waals surface area contributed by atoms with Crippen molar-refractivity contribution in [2.24, 2.45) is 0 Å². The van der Waals surface area contributed by atoms with Crippen molar-refractivity contribution in [3.05, 3.63) is 64.6 Å². The summed E-state index contributed by atoms with van der Waals surface area (Å²) in [5.74, 6) is 0. The van der Waals surface area contributed by atoms with E-state index in [9.17, 15) is 13.2 Å². The third-order valence-electron chi connectivity index (χ3n) is 3.70. The van der Waals surface area contributed by atoms with E-state index in [0.29, 0.717) is 17.6 Å². The molecule has 22 heavy (non-hydrogen) atoms. The molecule has 3 aromatic rings. The predicted molar refractivity (Wildman–Crippen MR) is 85.6 cm³/mol. The molecule has 0 fully saturated rings. The van der Waals surface area contributed by atoms with E-state index in [0.717, 1.165) is 5.56 Å². The van der Waals surface area contributed by atoms with Gasteiger partial charge in [0.05, 0.1) is 15.9 Å². The summed E-state index contributed by atoms with van der Waals surface area (Å²) in [7, 11) is -3.68. The summed E-state index contributed by atoms with van der Waals surface area (Å²) < 4.78 is 28.3. The summed E-state index contributed by atoms with van der Waals surface area (Å²) in [6.07, 6.45) is 1.49. The molecule has 1 aromatic carbocycles. The lowest BCUT2D eigenvalue weighted by molar-refractivity contribution is 0.589. The number of aryl methyl sites for hydroxylation is 2. The molecule has 114 valence electrons. The first-order valence-corrected chi connectivity index (χ1v) is 8.42. The molecular formula is C16H16N2O3S. The van der Waals surface area contributed by atoms with E-state index in [1.165, 1.54) is 16.2 Å². The number of hydrogen-bond donors (Lipinski definition) is 0. The van der Waals surface area contributed by atoms with Gasteiger partial charge in [-0.15, -0.1) is 0 Å². The Balaban J connectivity index is 2.26. The molecule has 0 N–H and O–H groups in total. The average Bonchev–Trinajstić information content (AvgIpc) is 2.92. The Hall–Kier alpha value is -2.34. The Morgan fingerprint density at radius 1 is 0.955 bits per heavy atom. The number of hydrogen-bond acceptors (Lipinski definition) is 3. The number of benzene rings is 1. The molecule has 5 nitrogen and oxygen atoms in total. The van der Waals surface area contributed by atoms with Crippen molar-refractivity contribution < 1.29 is 8.42 Å². The Labute approximate surface area is 128 Å². The van der Waals surface area contributed by atoms with Crippen LogP contribution in [0.5, 0.6) is 0 Å². The van der Waals surface area contributed by atoms with Crippen LogP contribution >= 0.6 is 0 Å². The highest BCUT2D eigenvalue weighted by Crippen LogP contribution is 2.21. The highest BCUT2D eigenvalue weighted by atomic mass is 32.2. The van der Waals surface area contributed by atoms with E-state index in [-0.39, 0.29) is 10.5 Å². The molecule has 3 rings (SSSR count). The zero-order valence-corrected chi connectivity index (χ0v) is 13.2. The van der Waals surface area contributed by atoms with Crippen molar-refractivity contribution in [1.82, 2.24) is 8.54 Å². The van der Waals surface area contributed by atoms with Crippen molar-refractivity contribution in [2.75, 3.05) is 0 Å². The summed E-state index contributed by atoms with van der Waals surface area (Å²) in [6, 6.07) is 11.3. The van der Waals surface area contributed by atoms with Gasteiger partial charge in [-0.3, -0.25) is 4.79 Å². The number of aromatic nitrogens is 2. The van der Waals surface area contributed by atoms with Crippen LogP contribution in [0.2, 0.25) is 0 Å². The van der Waals surface area contributed by atoms with Crippen molar-refractivity contribution in [3.8, 4) is 0 Å². The smallest absolute Gasteiger partial charge is 0.268 e. The summed E-state index contributed by atoms with van der Waals surface area (Å²) in [6.45, 7) is 4.25. The number of nitrogens with zero attached hydrogens (tertiary/aromatic N) is 2. The van der Waals surface area contributed by atoms with Gasteiger partial charge in [0.15, 0.2) is 0 Å². The van der Waals surface area contributed by atoms with Gasteiger partial charge < -0.3 is 4.57 Å². The number of rotatable bonds is 3. The Morgan fingerprint density at radius 3 is 2.27 bits per heavy atom. The molecule has 0 aliphatic rings. The van der Waals surface area contributed by atoms with E-state index in [1.54, 1.807) is 41.0 Å². The van der Waals surface area contributed by atoms with Gasteiger partial charge in [0.1, 0.15) is 0 Å². The van der Waals surface area contributed by atoms with Crippen molar-refractivity contribution in [2.45, 2.75) is 25.3 Å². The molecule has 0 amide bonds. The third-order valence-corrected chi connectivity index (χ3v) is 5.41. The molecule has 2 heterocycles. The standard InChI is InChI=1S/C16H16N2O3S/c1-3-17-14-10-11-18(15(14)8-9-16(17)19)22(20,21)13-6-4-12(2)5-7-13/h4-11H,3H2,1-2H3. The van der Waals surface area contributed by atoms with Crippen LogP contribution in [-0.2, 0) is 16.6 Å². The monoisotopic (exact) mass is 316 g/mol. The molecule has 2 aromatic heterocycles. The number of pyridine rings is 1. The molecular weight excluding hydrogens is 300 g/mol. The Morgan fingerprint density at radius 2 is 1.64 bits per heavy atom. The van der Waals surface area contributed by atoms with Crippen LogP contribution in [0.3, 0.4) is 0 Å². The molecule has 0 radical (unpaired) electrons. The molecule has 0 unspecified atom stereocenters. The van der Waals surface area contributed by atoms with E-state index in [1.807, 2.05) is 13.8 Å². The van der Waals surface area contributed by atoms with Crippen LogP contribution in [0, 0.1) is 6.92 Å². The lowest BCUT2D eigenvalue weighted by Gasteiger charge is -2.09. The molecule has 6 heteroatoms. The maximum Gasteiger partial charge on any atom is 0.268 e. The first-order valence-electron chi connectivity index (χ1n) is 6.98. The van der Waals surface area contributed by atoms with Crippen LogP contribution in [-0.4, -0.2) is 17.0 Å². The largest absolute Gasteiger partial charge is 0.307 e. The maximum absolute atomic E-state index is 12.8. The number of fused-ring (bicyclic) bond motifs is 1. The van der Waals surface area contributed by atoms with Gasteiger partial charge in [-0.2, -0.15) is 0 Å². The highest BCUT2D eigenvalue weighted by Gasteiger charge is 2.19. The van der Waals surface area contributed by atoms with Crippen LogP contribution < -0.4 is 5.56 Å². The molecule has 0 atom stereocenters. The minimum absolute atomic E-state index is 0.138. The maximum atomic E-state index is 12.8. The van der Waals surface area contributed by atoms with Gasteiger partial charge in [-0.25, -0.2) is 12.4 Å². The second-order valence-electron chi connectivity index (χ2n) is 5.12. The van der Waals surface area contributed by atoms with Crippen molar-refractivity contribution in [1.29, 1.82) is 0 Å². The van der Waals surface area contributed by atoms with Crippen LogP contribution in [0.4, 0.5) is 0 Å². The lowest BCUT2D eigenvalue weighted by Crippen LogP contribution is -2.19. The molecule has 0 spiro atoms. The van der Waals surface area contributed by atoms with E-state index < -0.39 is 10.0 Å². The quantitative estimate of drug-likeness (QED) is 0.745. The van der Waals surface area contributed by atoms with Crippen molar-refractivity contribution >= 4 is 21.1 Å². The first-order chi connectivity index (χ1) is 10.4. The predicted octanol–water partition coefficient (Wildman–Crippen LogP) is 2.37. The molecule has 0 saturated carbocycles. The zero-order valence-electron chi connectivity index (χ0n) is 12.4. The van der Waals surface area contributed by atoms with E-state index in [2.05, 4.69) is 0 Å². The van der Waals surface area contributed by atoms with Gasteiger partial charge in [-0.1, -0.05) is 17.7 Å². The van der Waals surface area contributed by atoms with Crippen LogP contribution in [0.1, 0.15) is 12.5 Å². The Bertz CT molecular complexity index is 996. The molecule has 0 bridgehead atoms. The SMILES string of the molecule is CCn1c(=O)ccc2c1ccn2S(=O)(=O)c1ccc(C)cc1. The summed E-state index contributed by atoms with van der Waals surface area (Å²) in [4.78, 5) is 12.1. The second kappa shape index (κ2) is 5.14. The minimum atomic E-state index is -3.68. The normalized spacial score (nSPS) is 11.9. The van der Waals surface area contributed by atoms with Gasteiger partial charge in [0.2, 0.25) is 0 Å². The van der Waals surface area contributed by atoms with Gasteiger partial charge in [-0.05, 0) is 38.1 Å². The minimum Gasteiger partial charge on any atom is -0.307 e. The average molecular weight is 316 g/mol. The molecule has 0 aliphatic carbocycles. The molecule has 0 saturated heterocycles. The first kappa shape index (κ1) is 14.6. The van der Waals surface area contributed by atoms with Gasteiger partial charge in [0.25, 0.3) is 15.6 Å². The lowest BCUT2D eigenvalue weighted by atomic mass is 10.2. The summed E-state index contributed by atoms with van der Waals surface area (Å²) >= 11 is 0. The Kier molecular flexibility index (Phi) is 3.41. The fraction of sp³-hybridized carbons (Fsp3) is 0.188. The third kappa shape index (κ3) is 2.16. The van der Waals surface area contributed by atoms with E-state index in [4.69, 9.17) is 0 Å². The molecule has 0 aliphatic heterocycles.